The summed E-state index contributed by atoms with van der Waals surface area (Å²) in [7, 11) is -1.69. The van der Waals surface area contributed by atoms with Gasteiger partial charge in [0, 0.05) is 76.2 Å². The van der Waals surface area contributed by atoms with Gasteiger partial charge in [0.05, 0.1) is 40.0 Å². The van der Waals surface area contributed by atoms with E-state index in [9.17, 15) is 28.8 Å². The molecule has 0 aliphatic carbocycles. The Labute approximate surface area is 292 Å². The minimum atomic E-state index is -1.69. The van der Waals surface area contributed by atoms with Crippen molar-refractivity contribution >= 4 is 51.8 Å². The van der Waals surface area contributed by atoms with Crippen LogP contribution in [0.1, 0.15) is 50.5 Å². The molecule has 13 heteroatoms. The Morgan fingerprint density at radius 2 is 1.42 bits per heavy atom. The van der Waals surface area contributed by atoms with Crippen molar-refractivity contribution in [3.8, 4) is 0 Å². The molecule has 256 valence electrons. The maximum atomic E-state index is 13.8. The van der Waals surface area contributed by atoms with Crippen molar-refractivity contribution < 1.29 is 28.8 Å². The molecule has 3 N–H and O–H groups in total. The van der Waals surface area contributed by atoms with Crippen molar-refractivity contribution in [2.24, 2.45) is 0 Å². The lowest BCUT2D eigenvalue weighted by Crippen LogP contribution is -2.56. The Balaban J connectivity index is 1.27. The Morgan fingerprint density at radius 1 is 0.833 bits per heavy atom. The number of amides is 1. The summed E-state index contributed by atoms with van der Waals surface area (Å²) in [5.41, 5.74) is -0.496. The molecule has 4 heterocycles. The summed E-state index contributed by atoms with van der Waals surface area (Å²) in [6.07, 6.45) is 4.48. The minimum Gasteiger partial charge on any atom is -0.478 e. The van der Waals surface area contributed by atoms with Crippen molar-refractivity contribution in [2.75, 3.05) is 38.5 Å². The molecule has 1 amide bonds. The summed E-state index contributed by atoms with van der Waals surface area (Å²) in [5, 5.41) is 24.2. The van der Waals surface area contributed by atoms with Gasteiger partial charge in [-0.25, -0.2) is 9.59 Å². The number of nitrogens with one attached hydrogen (secondary N) is 1. The number of piperazine rings is 1. The monoisotopic (exact) mass is 714 g/mol. The first-order chi connectivity index (χ1) is 23.1. The highest BCUT2D eigenvalue weighted by atomic mass is 35.5. The minimum absolute atomic E-state index is 0.0319. The molecule has 0 radical (unpaired) electrons. The van der Waals surface area contributed by atoms with Gasteiger partial charge in [-0.3, -0.25) is 18.8 Å². The molecule has 0 saturated carbocycles. The average molecular weight is 716 g/mol. The van der Waals surface area contributed by atoms with E-state index < -0.39 is 28.7 Å². The average Bonchev–Trinajstić information content (AvgIpc) is 3.31. The first-order valence-corrected chi connectivity index (χ1v) is 18.5. The first kappa shape index (κ1) is 34.6. The van der Waals surface area contributed by atoms with E-state index in [1.807, 2.05) is 0 Å². The molecule has 2 bridgehead atoms. The molecule has 3 fully saturated rings. The molecular formula is C35H40Cl2N4O6S. The second-order valence-corrected chi connectivity index (χ2v) is 15.1. The van der Waals surface area contributed by atoms with Crippen molar-refractivity contribution in [1.82, 2.24) is 20.0 Å². The maximum Gasteiger partial charge on any atom is 0.334 e. The molecule has 0 spiro atoms. The molecule has 4 aliphatic heterocycles. The topological polar surface area (TPSA) is 130 Å². The fourth-order valence-corrected chi connectivity index (χ4v) is 9.82. The number of hydrogen-bond acceptors (Lipinski definition) is 7. The number of nitrogens with zero attached hydrogens (tertiary/aromatic N) is 3. The molecule has 48 heavy (non-hydrogen) atoms. The zero-order chi connectivity index (χ0) is 34.1. The van der Waals surface area contributed by atoms with Gasteiger partial charge in [0.1, 0.15) is 0 Å². The van der Waals surface area contributed by atoms with Crippen LogP contribution in [-0.2, 0) is 25.2 Å². The van der Waals surface area contributed by atoms with Crippen LogP contribution in [0.3, 0.4) is 0 Å². The summed E-state index contributed by atoms with van der Waals surface area (Å²) in [4.78, 5) is 47.1. The van der Waals surface area contributed by atoms with Crippen LogP contribution >= 0.6 is 23.2 Å². The normalized spacial score (nSPS) is 25.6. The summed E-state index contributed by atoms with van der Waals surface area (Å²) in [5.74, 6) is -4.78. The van der Waals surface area contributed by atoms with E-state index in [1.165, 1.54) is 25.0 Å². The molecule has 3 unspecified atom stereocenters. The molecule has 0 aromatic heterocycles. The van der Waals surface area contributed by atoms with Crippen LogP contribution in [0.25, 0.3) is 0 Å². The second kappa shape index (κ2) is 14.7. The maximum absolute atomic E-state index is 13.8. The number of carbonyl (C=O) groups is 3. The number of dihydropyridines is 1. The third-order valence-corrected chi connectivity index (χ3v) is 12.3. The van der Waals surface area contributed by atoms with Crippen LogP contribution < -0.4 is 5.32 Å². The quantitative estimate of drug-likeness (QED) is 0.320. The number of carbonyl (C=O) groups excluding carboxylic acids is 1. The molecular weight excluding hydrogens is 675 g/mol. The van der Waals surface area contributed by atoms with Crippen LogP contribution in [-0.4, -0.2) is 104 Å². The summed E-state index contributed by atoms with van der Waals surface area (Å²) >= 11 is 13.1. The fourth-order valence-electron chi connectivity index (χ4n) is 8.09. The summed E-state index contributed by atoms with van der Waals surface area (Å²) in [6, 6.07) is 14.9. The molecule has 10 nitrogen and oxygen atoms in total. The van der Waals surface area contributed by atoms with Gasteiger partial charge in [-0.05, 0) is 56.5 Å². The molecule has 6 rings (SSSR count). The van der Waals surface area contributed by atoms with Crippen LogP contribution in [0.5, 0.6) is 0 Å². The number of carboxylic acid groups (broad SMARTS) is 2. The highest BCUT2D eigenvalue weighted by molar-refractivity contribution is 7.85. The zero-order valence-corrected chi connectivity index (χ0v) is 29.1. The van der Waals surface area contributed by atoms with E-state index in [0.29, 0.717) is 36.1 Å². The number of benzene rings is 2. The van der Waals surface area contributed by atoms with Gasteiger partial charge in [-0.15, -0.1) is 0 Å². The highest BCUT2D eigenvalue weighted by Gasteiger charge is 2.43. The van der Waals surface area contributed by atoms with Gasteiger partial charge in [-0.1, -0.05) is 54.4 Å². The number of aliphatic carboxylic acids is 2. The number of piperidine rings is 1. The van der Waals surface area contributed by atoms with E-state index in [1.54, 1.807) is 41.3 Å². The standard InChI is InChI=1S/C35H40Cl2N4O6S/c1-2-41-21-11-12-22(41)18-23(17-21)39-13-15-40(16-14-39)29(42)19-27-31(34(43)44)33(30-25(36)9-6-10-26(30)37)32(35(45)46)28(38-27)20-48(47)24-7-4-3-5-8-24/h3-10,21-23,33,38H,2,11-20H2,1H3,(H,43,44)(H,45,46)/t21?,22?,23?,33-,48?/m0/s1. The first-order valence-electron chi connectivity index (χ1n) is 16.4. The van der Waals surface area contributed by atoms with Gasteiger partial charge in [0.15, 0.2) is 0 Å². The predicted octanol–water partition coefficient (Wildman–Crippen LogP) is 4.72. The molecule has 4 aliphatic rings. The molecule has 2 aromatic rings. The number of carboxylic acids is 2. The smallest absolute Gasteiger partial charge is 0.334 e. The Bertz CT molecular complexity index is 1640. The Kier molecular flexibility index (Phi) is 10.6. The fraction of sp³-hybridized carbons (Fsp3) is 0.457. The highest BCUT2D eigenvalue weighted by Crippen LogP contribution is 2.45. The van der Waals surface area contributed by atoms with Crippen molar-refractivity contribution in [1.29, 1.82) is 0 Å². The predicted molar refractivity (Wildman–Crippen MR) is 184 cm³/mol. The lowest BCUT2D eigenvalue weighted by Gasteiger charge is -2.45. The van der Waals surface area contributed by atoms with E-state index in [-0.39, 0.29) is 56.2 Å². The van der Waals surface area contributed by atoms with Crippen LogP contribution in [0.15, 0.2) is 76.0 Å². The number of fused-ring (bicyclic) bond motifs is 2. The van der Waals surface area contributed by atoms with Crippen LogP contribution in [0.2, 0.25) is 10.0 Å². The van der Waals surface area contributed by atoms with Gasteiger partial charge < -0.3 is 20.4 Å². The van der Waals surface area contributed by atoms with Gasteiger partial charge >= 0.3 is 11.9 Å². The SMILES string of the molecule is CCN1C2CCC1CC(N1CCN(C(=O)CC3=C(C(=O)O)[C@H](c4c(Cl)cccc4Cl)C(C(=O)O)=C(CS(=O)c4ccccc4)N3)CC1)C2. The Morgan fingerprint density at radius 3 is 1.98 bits per heavy atom. The second-order valence-electron chi connectivity index (χ2n) is 12.8. The largest absolute Gasteiger partial charge is 0.478 e. The third-order valence-electron chi connectivity index (χ3n) is 10.3. The summed E-state index contributed by atoms with van der Waals surface area (Å²) in [6.45, 7) is 5.82. The van der Waals surface area contributed by atoms with Crippen LogP contribution in [0.4, 0.5) is 0 Å². The third kappa shape index (κ3) is 6.93. The van der Waals surface area contributed by atoms with Gasteiger partial charge in [0.2, 0.25) is 5.91 Å². The number of hydrogen-bond donors (Lipinski definition) is 3. The lowest BCUT2D eigenvalue weighted by atomic mass is 9.79. The van der Waals surface area contributed by atoms with E-state index in [4.69, 9.17) is 23.2 Å². The number of rotatable bonds is 10. The van der Waals surface area contributed by atoms with E-state index >= 15 is 0 Å². The van der Waals surface area contributed by atoms with Gasteiger partial charge in [-0.2, -0.15) is 0 Å². The number of halogens is 2. The van der Waals surface area contributed by atoms with Crippen LogP contribution in [0, 0.1) is 0 Å². The molecule has 4 atom stereocenters. The van der Waals surface area contributed by atoms with Crippen molar-refractivity contribution in [3.05, 3.63) is 86.7 Å². The van der Waals surface area contributed by atoms with E-state index in [0.717, 1.165) is 32.5 Å². The summed E-state index contributed by atoms with van der Waals surface area (Å²) < 4.78 is 13.5. The lowest BCUT2D eigenvalue weighted by molar-refractivity contribution is -0.133. The molecule has 2 aromatic carbocycles. The van der Waals surface area contributed by atoms with E-state index in [2.05, 4.69) is 22.0 Å². The van der Waals surface area contributed by atoms with Gasteiger partial charge in [0.25, 0.3) is 0 Å². The zero-order valence-electron chi connectivity index (χ0n) is 26.7. The Hall–Kier alpha value is -3.22. The van der Waals surface area contributed by atoms with Crippen molar-refractivity contribution in [2.45, 2.75) is 68.0 Å². The van der Waals surface area contributed by atoms with Crippen molar-refractivity contribution in [3.63, 3.8) is 0 Å². The molecule has 3 saturated heterocycles.